The van der Waals surface area contributed by atoms with Gasteiger partial charge < -0.3 is 9.64 Å². The lowest BCUT2D eigenvalue weighted by atomic mass is 9.99. The number of aliphatic imine (C=N–C) groups is 1. The van der Waals surface area contributed by atoms with Crippen LogP contribution in [0.3, 0.4) is 0 Å². The van der Waals surface area contributed by atoms with Crippen LogP contribution in [-0.4, -0.2) is 36.0 Å². The summed E-state index contributed by atoms with van der Waals surface area (Å²) in [5.41, 5.74) is 2.00. The molecule has 2 atom stereocenters. The van der Waals surface area contributed by atoms with Gasteiger partial charge in [-0.3, -0.25) is 0 Å². The van der Waals surface area contributed by atoms with Gasteiger partial charge in [0.25, 0.3) is 0 Å². The van der Waals surface area contributed by atoms with E-state index < -0.39 is 0 Å². The molecule has 3 fully saturated rings. The number of ether oxygens (including phenoxy) is 1. The van der Waals surface area contributed by atoms with Crippen molar-refractivity contribution in [3.8, 4) is 0 Å². The lowest BCUT2D eigenvalue weighted by molar-refractivity contribution is -0.167. The van der Waals surface area contributed by atoms with Crippen LogP contribution < -0.4 is 0 Å². The molecule has 2 unspecified atom stereocenters. The van der Waals surface area contributed by atoms with Gasteiger partial charge in [0.2, 0.25) is 0 Å². The maximum absolute atomic E-state index is 5.60. The molecule has 0 aromatic rings. The molecule has 0 aromatic heterocycles. The molecule has 0 radical (unpaired) electrons. The fraction of sp³-hybridized carbons (Fsp3) is 0.615. The summed E-state index contributed by atoms with van der Waals surface area (Å²) in [6.07, 6.45) is 4.12. The van der Waals surface area contributed by atoms with E-state index in [9.17, 15) is 0 Å². The summed E-state index contributed by atoms with van der Waals surface area (Å²) in [7, 11) is 0. The minimum Gasteiger partial charge on any atom is -0.371 e. The smallest absolute Gasteiger partial charge is 0.102 e. The van der Waals surface area contributed by atoms with Crippen molar-refractivity contribution in [2.45, 2.75) is 39.4 Å². The van der Waals surface area contributed by atoms with E-state index in [-0.39, 0.29) is 0 Å². The number of morpholine rings is 1. The maximum atomic E-state index is 5.60. The minimum absolute atomic E-state index is 0.431. The van der Waals surface area contributed by atoms with Crippen LogP contribution in [-0.2, 0) is 4.74 Å². The van der Waals surface area contributed by atoms with Crippen LogP contribution in [0, 0.1) is 0 Å². The standard InChI is InChI=1S/C13H20N2O/c1-5-9(2)10(3)14-11(4)15-7-12-6-13(8-15)16-12/h5,12-13H,3,6-8H2,1-2,4H3/b9-5+,14-11?. The second kappa shape index (κ2) is 4.42. The van der Waals surface area contributed by atoms with Gasteiger partial charge in [-0.15, -0.1) is 0 Å². The third kappa shape index (κ3) is 2.19. The molecule has 0 aliphatic carbocycles. The molecule has 3 saturated heterocycles. The molecule has 3 heterocycles. The van der Waals surface area contributed by atoms with Crippen molar-refractivity contribution < 1.29 is 4.74 Å². The highest BCUT2D eigenvalue weighted by atomic mass is 16.5. The largest absolute Gasteiger partial charge is 0.371 e. The molecule has 88 valence electrons. The fourth-order valence-corrected chi connectivity index (χ4v) is 2.14. The molecule has 3 heteroatoms. The molecule has 0 aromatic carbocycles. The van der Waals surface area contributed by atoms with Gasteiger partial charge in [0.05, 0.1) is 17.9 Å². The van der Waals surface area contributed by atoms with Crippen LogP contribution in [0.25, 0.3) is 0 Å². The van der Waals surface area contributed by atoms with E-state index >= 15 is 0 Å². The van der Waals surface area contributed by atoms with E-state index in [1.807, 2.05) is 19.9 Å². The van der Waals surface area contributed by atoms with Crippen molar-refractivity contribution in [3.63, 3.8) is 0 Å². The lowest BCUT2D eigenvalue weighted by Gasteiger charge is -2.47. The van der Waals surface area contributed by atoms with Gasteiger partial charge in [0, 0.05) is 19.5 Å². The zero-order chi connectivity index (χ0) is 11.7. The number of nitrogens with zero attached hydrogens (tertiary/aromatic N) is 2. The SMILES string of the molecule is C=C(N=C(C)N1CC2CC(C1)O2)/C(C)=C/C. The van der Waals surface area contributed by atoms with Gasteiger partial charge in [0.1, 0.15) is 5.84 Å². The lowest BCUT2D eigenvalue weighted by Crippen LogP contribution is -2.58. The zero-order valence-corrected chi connectivity index (χ0v) is 10.4. The molecular formula is C13H20N2O. The average molecular weight is 220 g/mol. The first-order valence-corrected chi connectivity index (χ1v) is 5.88. The summed E-state index contributed by atoms with van der Waals surface area (Å²) < 4.78 is 5.60. The first kappa shape index (κ1) is 11.4. The highest BCUT2D eigenvalue weighted by Crippen LogP contribution is 2.28. The number of hydrogen-bond donors (Lipinski definition) is 0. The molecule has 0 saturated carbocycles. The molecule has 0 N–H and O–H groups in total. The number of amidine groups is 1. The molecule has 3 nitrogen and oxygen atoms in total. The summed E-state index contributed by atoms with van der Waals surface area (Å²) in [5, 5.41) is 0. The summed E-state index contributed by atoms with van der Waals surface area (Å²) >= 11 is 0. The predicted octanol–water partition coefficient (Wildman–Crippen LogP) is 2.36. The summed E-state index contributed by atoms with van der Waals surface area (Å²) in [4.78, 5) is 6.85. The number of piperidine rings is 1. The molecule has 3 rings (SSSR count). The van der Waals surface area contributed by atoms with Crippen LogP contribution in [0.15, 0.2) is 28.9 Å². The van der Waals surface area contributed by atoms with Crippen LogP contribution >= 0.6 is 0 Å². The number of allylic oxidation sites excluding steroid dienone is 2. The Morgan fingerprint density at radius 3 is 2.44 bits per heavy atom. The van der Waals surface area contributed by atoms with Crippen molar-refractivity contribution in [1.29, 1.82) is 0 Å². The van der Waals surface area contributed by atoms with Gasteiger partial charge in [-0.1, -0.05) is 12.7 Å². The van der Waals surface area contributed by atoms with E-state index in [0.29, 0.717) is 12.2 Å². The number of hydrogen-bond acceptors (Lipinski definition) is 2. The Morgan fingerprint density at radius 1 is 1.38 bits per heavy atom. The number of rotatable bonds is 2. The summed E-state index contributed by atoms with van der Waals surface area (Å²) in [5.74, 6) is 1.06. The van der Waals surface area contributed by atoms with Crippen molar-refractivity contribution in [2.24, 2.45) is 4.99 Å². The zero-order valence-electron chi connectivity index (χ0n) is 10.4. The Kier molecular flexibility index (Phi) is 3.15. The van der Waals surface area contributed by atoms with Gasteiger partial charge in [-0.25, -0.2) is 4.99 Å². The normalized spacial score (nSPS) is 30.1. The second-order valence-corrected chi connectivity index (χ2v) is 4.60. The molecule has 0 spiro atoms. The Morgan fingerprint density at radius 2 is 1.94 bits per heavy atom. The molecule has 0 amide bonds. The Balaban J connectivity index is 1.99. The molecule has 2 bridgehead atoms. The van der Waals surface area contributed by atoms with Crippen molar-refractivity contribution in [1.82, 2.24) is 4.90 Å². The monoisotopic (exact) mass is 220 g/mol. The van der Waals surface area contributed by atoms with Crippen LogP contribution in [0.4, 0.5) is 0 Å². The molecule has 16 heavy (non-hydrogen) atoms. The topological polar surface area (TPSA) is 24.8 Å². The van der Waals surface area contributed by atoms with Gasteiger partial charge in [-0.2, -0.15) is 0 Å². The summed E-state index contributed by atoms with van der Waals surface area (Å²) in [6.45, 7) is 12.0. The third-order valence-corrected chi connectivity index (χ3v) is 3.40. The van der Waals surface area contributed by atoms with Crippen LogP contribution in [0.5, 0.6) is 0 Å². The van der Waals surface area contributed by atoms with Gasteiger partial charge in [0.15, 0.2) is 0 Å². The predicted molar refractivity (Wildman–Crippen MR) is 66.5 cm³/mol. The summed E-state index contributed by atoms with van der Waals surface area (Å²) in [6, 6.07) is 0. The first-order valence-electron chi connectivity index (χ1n) is 5.88. The molecular weight excluding hydrogens is 200 g/mol. The Hall–Kier alpha value is -1.09. The highest BCUT2D eigenvalue weighted by molar-refractivity contribution is 5.81. The number of fused-ring (bicyclic) bond motifs is 2. The molecule has 3 aliphatic rings. The first-order chi connectivity index (χ1) is 7.60. The van der Waals surface area contributed by atoms with E-state index in [0.717, 1.165) is 30.2 Å². The maximum Gasteiger partial charge on any atom is 0.102 e. The van der Waals surface area contributed by atoms with Crippen LogP contribution in [0.2, 0.25) is 0 Å². The Bertz CT molecular complexity index is 341. The van der Waals surface area contributed by atoms with Gasteiger partial charge >= 0.3 is 0 Å². The van der Waals surface area contributed by atoms with E-state index in [4.69, 9.17) is 4.74 Å². The van der Waals surface area contributed by atoms with Crippen molar-refractivity contribution >= 4 is 5.84 Å². The van der Waals surface area contributed by atoms with E-state index in [2.05, 4.69) is 23.4 Å². The van der Waals surface area contributed by atoms with Crippen molar-refractivity contribution in [2.75, 3.05) is 13.1 Å². The fourth-order valence-electron chi connectivity index (χ4n) is 2.14. The average Bonchev–Trinajstić information content (AvgIpc) is 2.27. The minimum atomic E-state index is 0.431. The Labute approximate surface area is 97.5 Å². The molecule has 3 aliphatic heterocycles. The second-order valence-electron chi connectivity index (χ2n) is 4.60. The quantitative estimate of drug-likeness (QED) is 0.405. The van der Waals surface area contributed by atoms with E-state index in [1.54, 1.807) is 0 Å². The third-order valence-electron chi connectivity index (χ3n) is 3.40. The van der Waals surface area contributed by atoms with Crippen molar-refractivity contribution in [3.05, 3.63) is 23.9 Å². The van der Waals surface area contributed by atoms with Gasteiger partial charge in [-0.05, 0) is 26.3 Å². The highest BCUT2D eigenvalue weighted by Gasteiger charge is 2.38. The van der Waals surface area contributed by atoms with Crippen LogP contribution in [0.1, 0.15) is 27.2 Å². The van der Waals surface area contributed by atoms with E-state index in [1.165, 1.54) is 6.42 Å².